The van der Waals surface area contributed by atoms with Gasteiger partial charge >= 0.3 is 0 Å². The zero-order valence-corrected chi connectivity index (χ0v) is 13.2. The number of nitrogens with two attached hydrogens (primary N) is 1. The number of aromatic amines is 1. The van der Waals surface area contributed by atoms with Crippen LogP contribution in [0.4, 0.5) is 5.82 Å². The number of rotatable bonds is 4. The van der Waals surface area contributed by atoms with Gasteiger partial charge < -0.3 is 10.2 Å². The average Bonchev–Trinajstić information content (AvgIpc) is 3.23. The summed E-state index contributed by atoms with van der Waals surface area (Å²) < 4.78 is 5.83. The molecule has 6 heteroatoms. The third-order valence-corrected chi connectivity index (χ3v) is 4.16. The second-order valence-electron chi connectivity index (χ2n) is 5.89. The molecule has 0 saturated heterocycles. The molecule has 4 aromatic rings. The first kappa shape index (κ1) is 14.4. The van der Waals surface area contributed by atoms with Crippen molar-refractivity contribution in [3.05, 3.63) is 60.0 Å². The molecule has 0 amide bonds. The van der Waals surface area contributed by atoms with Crippen molar-refractivity contribution in [3.8, 4) is 11.5 Å². The Morgan fingerprint density at radius 3 is 2.79 bits per heavy atom. The van der Waals surface area contributed by atoms with E-state index in [9.17, 15) is 0 Å². The predicted octanol–water partition coefficient (Wildman–Crippen LogP) is 3.54. The van der Waals surface area contributed by atoms with E-state index in [2.05, 4.69) is 39.5 Å². The van der Waals surface area contributed by atoms with Gasteiger partial charge in [0.2, 0.25) is 11.8 Å². The van der Waals surface area contributed by atoms with E-state index >= 15 is 0 Å². The molecular weight excluding hydrogens is 302 g/mol. The lowest BCUT2D eigenvalue weighted by atomic mass is 9.98. The summed E-state index contributed by atoms with van der Waals surface area (Å²) in [6.07, 6.45) is 0.701. The van der Waals surface area contributed by atoms with E-state index in [1.165, 1.54) is 5.56 Å². The molecule has 2 heterocycles. The highest BCUT2D eigenvalue weighted by Crippen LogP contribution is 2.26. The molecule has 0 aliphatic rings. The normalized spacial score (nSPS) is 12.5. The Bertz CT molecular complexity index is 973. The fraction of sp³-hybridized carbons (Fsp3) is 0.167. The molecule has 24 heavy (non-hydrogen) atoms. The van der Waals surface area contributed by atoms with Crippen LogP contribution in [-0.2, 0) is 6.42 Å². The number of hydrogen-bond acceptors (Lipinski definition) is 5. The molecule has 0 aliphatic carbocycles. The second-order valence-corrected chi connectivity index (χ2v) is 5.89. The maximum atomic E-state index is 5.85. The minimum atomic E-state index is 0.312. The van der Waals surface area contributed by atoms with E-state index < -0.39 is 0 Å². The van der Waals surface area contributed by atoms with E-state index in [1.54, 1.807) is 0 Å². The van der Waals surface area contributed by atoms with E-state index in [-0.39, 0.29) is 0 Å². The van der Waals surface area contributed by atoms with Crippen LogP contribution < -0.4 is 5.73 Å². The van der Waals surface area contributed by atoms with Gasteiger partial charge in [-0.25, -0.2) is 0 Å². The Kier molecular flexibility index (Phi) is 3.49. The van der Waals surface area contributed by atoms with E-state index in [0.717, 1.165) is 16.5 Å². The molecule has 120 valence electrons. The van der Waals surface area contributed by atoms with Crippen LogP contribution in [0.25, 0.3) is 22.4 Å². The fourth-order valence-electron chi connectivity index (χ4n) is 2.78. The highest BCUT2D eigenvalue weighted by molar-refractivity contribution is 5.91. The highest BCUT2D eigenvalue weighted by Gasteiger charge is 2.14. The Hall–Kier alpha value is -3.15. The van der Waals surface area contributed by atoms with Crippen LogP contribution in [0.3, 0.4) is 0 Å². The summed E-state index contributed by atoms with van der Waals surface area (Å²) in [5, 5.41) is 16.1. The molecule has 2 aromatic heterocycles. The first-order chi connectivity index (χ1) is 11.7. The summed E-state index contributed by atoms with van der Waals surface area (Å²) in [6, 6.07) is 16.0. The molecule has 0 bridgehead atoms. The van der Waals surface area contributed by atoms with Crippen LogP contribution >= 0.6 is 0 Å². The molecule has 0 unspecified atom stereocenters. The standard InChI is InChI=1S/C18H17N5O/c1-11(12-5-3-2-4-6-12)9-16-21-23-18(24-16)13-7-8-15-14(10-13)17(19)22-20-15/h2-8,10-11H,9H2,1H3,(H3,19,20,22)/t11-/m1/s1. The van der Waals surface area contributed by atoms with Crippen LogP contribution in [0.5, 0.6) is 0 Å². The van der Waals surface area contributed by atoms with E-state index in [4.69, 9.17) is 10.2 Å². The Balaban J connectivity index is 1.58. The summed E-state index contributed by atoms with van der Waals surface area (Å²) in [5.74, 6) is 1.89. The Morgan fingerprint density at radius 1 is 1.12 bits per heavy atom. The average molecular weight is 319 g/mol. The van der Waals surface area contributed by atoms with E-state index in [1.807, 2.05) is 36.4 Å². The molecule has 3 N–H and O–H groups in total. The molecule has 0 radical (unpaired) electrons. The van der Waals surface area contributed by atoms with Crippen molar-refractivity contribution < 1.29 is 4.42 Å². The lowest BCUT2D eigenvalue weighted by Crippen LogP contribution is -1.98. The summed E-state index contributed by atoms with van der Waals surface area (Å²) in [4.78, 5) is 0. The van der Waals surface area contributed by atoms with E-state index in [0.29, 0.717) is 29.9 Å². The molecule has 4 rings (SSSR count). The van der Waals surface area contributed by atoms with Crippen LogP contribution in [-0.4, -0.2) is 20.4 Å². The van der Waals surface area contributed by atoms with Crippen molar-refractivity contribution in [2.24, 2.45) is 0 Å². The van der Waals surface area contributed by atoms with Crippen molar-refractivity contribution in [2.75, 3.05) is 5.73 Å². The smallest absolute Gasteiger partial charge is 0.247 e. The van der Waals surface area contributed by atoms with Gasteiger partial charge in [0, 0.05) is 17.4 Å². The maximum Gasteiger partial charge on any atom is 0.247 e. The molecule has 0 fully saturated rings. The number of aromatic nitrogens is 4. The molecule has 1 atom stereocenters. The third-order valence-electron chi connectivity index (χ3n) is 4.16. The number of fused-ring (bicyclic) bond motifs is 1. The van der Waals surface area contributed by atoms with Crippen molar-refractivity contribution >= 4 is 16.7 Å². The molecule has 0 spiro atoms. The van der Waals surface area contributed by atoms with Crippen LogP contribution in [0.15, 0.2) is 52.9 Å². The number of nitrogens with one attached hydrogen (secondary N) is 1. The van der Waals surface area contributed by atoms with Gasteiger partial charge in [0.25, 0.3) is 0 Å². The fourth-order valence-corrected chi connectivity index (χ4v) is 2.78. The van der Waals surface area contributed by atoms with Gasteiger partial charge in [-0.15, -0.1) is 10.2 Å². The van der Waals surface area contributed by atoms with Crippen LogP contribution in [0.2, 0.25) is 0 Å². The number of nitrogens with zero attached hydrogens (tertiary/aromatic N) is 3. The van der Waals surface area contributed by atoms with Gasteiger partial charge in [0.1, 0.15) is 0 Å². The Labute approximate surface area is 138 Å². The number of hydrogen-bond donors (Lipinski definition) is 2. The summed E-state index contributed by atoms with van der Waals surface area (Å²) in [6.45, 7) is 2.15. The van der Waals surface area contributed by atoms with Crippen LogP contribution in [0, 0.1) is 0 Å². The first-order valence-electron chi connectivity index (χ1n) is 7.82. The molecular formula is C18H17N5O. The van der Waals surface area contributed by atoms with Gasteiger partial charge in [0.15, 0.2) is 5.82 Å². The Morgan fingerprint density at radius 2 is 1.96 bits per heavy atom. The third kappa shape index (κ3) is 2.62. The summed E-state index contributed by atoms with van der Waals surface area (Å²) >= 11 is 0. The number of benzene rings is 2. The maximum absolute atomic E-state index is 5.85. The number of nitrogen functional groups attached to an aromatic ring is 1. The highest BCUT2D eigenvalue weighted by atomic mass is 16.4. The van der Waals surface area contributed by atoms with Crippen molar-refractivity contribution in [2.45, 2.75) is 19.3 Å². The SMILES string of the molecule is C[C@H](Cc1nnc(-c2ccc3[nH]nc(N)c3c2)o1)c1ccccc1. The molecule has 2 aromatic carbocycles. The van der Waals surface area contributed by atoms with Gasteiger partial charge in [-0.3, -0.25) is 5.10 Å². The zero-order valence-electron chi connectivity index (χ0n) is 13.2. The molecule has 0 saturated carbocycles. The van der Waals surface area contributed by atoms with Crippen molar-refractivity contribution in [1.29, 1.82) is 0 Å². The number of H-pyrrole nitrogens is 1. The number of anilines is 1. The van der Waals surface area contributed by atoms with Gasteiger partial charge in [-0.05, 0) is 29.7 Å². The van der Waals surface area contributed by atoms with Gasteiger partial charge in [-0.1, -0.05) is 37.3 Å². The predicted molar refractivity (Wildman–Crippen MR) is 92.4 cm³/mol. The molecule has 0 aliphatic heterocycles. The zero-order chi connectivity index (χ0) is 16.5. The first-order valence-corrected chi connectivity index (χ1v) is 7.82. The topological polar surface area (TPSA) is 93.6 Å². The van der Waals surface area contributed by atoms with Gasteiger partial charge in [0.05, 0.1) is 5.52 Å². The summed E-state index contributed by atoms with van der Waals surface area (Å²) in [7, 11) is 0. The van der Waals surface area contributed by atoms with Crippen LogP contribution in [0.1, 0.15) is 24.3 Å². The van der Waals surface area contributed by atoms with Crippen molar-refractivity contribution in [3.63, 3.8) is 0 Å². The largest absolute Gasteiger partial charge is 0.421 e. The lowest BCUT2D eigenvalue weighted by molar-refractivity contribution is 0.488. The van der Waals surface area contributed by atoms with Crippen molar-refractivity contribution in [1.82, 2.24) is 20.4 Å². The monoisotopic (exact) mass is 319 g/mol. The minimum Gasteiger partial charge on any atom is -0.421 e. The van der Waals surface area contributed by atoms with Gasteiger partial charge in [-0.2, -0.15) is 5.10 Å². The molecule has 6 nitrogen and oxygen atoms in total. The second kappa shape index (κ2) is 5.81. The quantitative estimate of drug-likeness (QED) is 0.600. The summed E-state index contributed by atoms with van der Waals surface area (Å²) in [5.41, 5.74) is 8.82. The lowest BCUT2D eigenvalue weighted by Gasteiger charge is -2.08. The minimum absolute atomic E-state index is 0.312.